The van der Waals surface area contributed by atoms with E-state index in [9.17, 15) is 33.6 Å². The number of carbonyl (C=O) groups is 7. The summed E-state index contributed by atoms with van der Waals surface area (Å²) in [5.41, 5.74) is 0.792. The number of ketones is 1. The fourth-order valence-corrected chi connectivity index (χ4v) is 5.61. The summed E-state index contributed by atoms with van der Waals surface area (Å²) in [6, 6.07) is 7.89. The number of carbonyl (C=O) groups excluding carboxylic acids is 7. The maximum absolute atomic E-state index is 13.5. The molecule has 0 unspecified atom stereocenters. The van der Waals surface area contributed by atoms with Gasteiger partial charge in [-0.1, -0.05) is 44.2 Å². The summed E-state index contributed by atoms with van der Waals surface area (Å²) in [6.07, 6.45) is 0.562. The van der Waals surface area contributed by atoms with Crippen LogP contribution in [0.15, 0.2) is 42.5 Å². The average Bonchev–Trinajstić information content (AvgIpc) is 3.51. The third-order valence-corrected chi connectivity index (χ3v) is 8.63. The van der Waals surface area contributed by atoms with Crippen molar-refractivity contribution >= 4 is 52.6 Å². The minimum absolute atomic E-state index is 0.113. The first kappa shape index (κ1) is 35.9. The Morgan fingerprint density at radius 3 is 2.24 bits per heavy atom. The minimum atomic E-state index is -1.08. The zero-order valence-electron chi connectivity index (χ0n) is 26.7. The van der Waals surface area contributed by atoms with Crippen molar-refractivity contribution in [1.82, 2.24) is 31.5 Å². The van der Waals surface area contributed by atoms with Gasteiger partial charge in [-0.3, -0.25) is 33.6 Å². The highest BCUT2D eigenvalue weighted by Gasteiger charge is 2.32. The van der Waals surface area contributed by atoms with E-state index in [0.29, 0.717) is 4.88 Å². The summed E-state index contributed by atoms with van der Waals surface area (Å²) in [5, 5.41) is 13.4. The summed E-state index contributed by atoms with van der Waals surface area (Å²) < 4.78 is 0. The number of likely N-dealkylation sites (N-methyl/N-ethyl adjacent to an activating group) is 1. The molecule has 4 atom stereocenters. The Morgan fingerprint density at radius 1 is 0.935 bits per heavy atom. The van der Waals surface area contributed by atoms with Crippen LogP contribution in [0, 0.1) is 5.92 Å². The summed E-state index contributed by atoms with van der Waals surface area (Å²) in [4.78, 5) is 92.8. The van der Waals surface area contributed by atoms with Gasteiger partial charge in [-0.25, -0.2) is 0 Å². The molecule has 1 saturated heterocycles. The summed E-state index contributed by atoms with van der Waals surface area (Å²) in [6.45, 7) is 6.17. The Balaban J connectivity index is 1.84. The van der Waals surface area contributed by atoms with E-state index in [4.69, 9.17) is 0 Å². The molecule has 0 aliphatic carbocycles. The molecule has 0 spiro atoms. The van der Waals surface area contributed by atoms with E-state index >= 15 is 0 Å². The number of hydrogen-bond acceptors (Lipinski definition) is 8. The number of nitrogens with one attached hydrogen (secondary N) is 5. The van der Waals surface area contributed by atoms with E-state index in [1.807, 2.05) is 30.3 Å². The van der Waals surface area contributed by atoms with Crippen molar-refractivity contribution in [3.05, 3.63) is 57.8 Å². The van der Waals surface area contributed by atoms with E-state index in [1.165, 1.54) is 37.9 Å². The quantitative estimate of drug-likeness (QED) is 0.285. The van der Waals surface area contributed by atoms with Gasteiger partial charge in [0.15, 0.2) is 5.78 Å². The van der Waals surface area contributed by atoms with Crippen molar-refractivity contribution in [1.29, 1.82) is 0 Å². The molecule has 248 valence electrons. The van der Waals surface area contributed by atoms with E-state index < -0.39 is 65.5 Å². The average molecular weight is 655 g/mol. The molecule has 1 aromatic carbocycles. The lowest BCUT2D eigenvalue weighted by atomic mass is 10.0. The molecule has 6 amide bonds. The first-order valence-electron chi connectivity index (χ1n) is 15.1. The highest BCUT2D eigenvalue weighted by Crippen LogP contribution is 2.17. The molecule has 1 fully saturated rings. The third kappa shape index (κ3) is 10.2. The highest BCUT2D eigenvalue weighted by molar-refractivity contribution is 7.16. The van der Waals surface area contributed by atoms with Crippen molar-refractivity contribution in [3.8, 4) is 0 Å². The lowest BCUT2D eigenvalue weighted by Crippen LogP contribution is -2.59. The first-order valence-corrected chi connectivity index (χ1v) is 16.0. The molecule has 14 heteroatoms. The van der Waals surface area contributed by atoms with Crippen LogP contribution < -0.4 is 26.6 Å². The predicted molar refractivity (Wildman–Crippen MR) is 172 cm³/mol. The van der Waals surface area contributed by atoms with Gasteiger partial charge >= 0.3 is 0 Å². The van der Waals surface area contributed by atoms with E-state index in [0.717, 1.165) is 16.9 Å². The number of amides is 6. The molecule has 46 heavy (non-hydrogen) atoms. The summed E-state index contributed by atoms with van der Waals surface area (Å²) in [7, 11) is 1.46. The van der Waals surface area contributed by atoms with Gasteiger partial charge in [-0.15, -0.1) is 11.3 Å². The molecule has 1 aliphatic rings. The van der Waals surface area contributed by atoms with Crippen LogP contribution in [-0.4, -0.2) is 90.4 Å². The summed E-state index contributed by atoms with van der Waals surface area (Å²) >= 11 is 0.998. The van der Waals surface area contributed by atoms with Gasteiger partial charge in [0.05, 0.1) is 16.3 Å². The van der Waals surface area contributed by atoms with Gasteiger partial charge < -0.3 is 31.5 Å². The van der Waals surface area contributed by atoms with Crippen molar-refractivity contribution in [3.63, 3.8) is 0 Å². The van der Waals surface area contributed by atoms with Crippen LogP contribution in [0.4, 0.5) is 0 Å². The highest BCUT2D eigenvalue weighted by atomic mass is 32.1. The van der Waals surface area contributed by atoms with Crippen LogP contribution in [0.25, 0.3) is 0 Å². The van der Waals surface area contributed by atoms with Crippen molar-refractivity contribution in [2.24, 2.45) is 5.92 Å². The Labute approximate surface area is 272 Å². The van der Waals surface area contributed by atoms with Crippen LogP contribution >= 0.6 is 11.3 Å². The second-order valence-electron chi connectivity index (χ2n) is 11.6. The second kappa shape index (κ2) is 16.6. The van der Waals surface area contributed by atoms with Gasteiger partial charge in [0.1, 0.15) is 24.2 Å². The van der Waals surface area contributed by atoms with Gasteiger partial charge in [-0.05, 0) is 50.3 Å². The molecular formula is C32H42N6O7S. The number of nitrogens with zero attached hydrogens (tertiary/aromatic N) is 1. The fourth-order valence-electron chi connectivity index (χ4n) is 4.80. The molecule has 5 N–H and O–H groups in total. The zero-order valence-corrected chi connectivity index (χ0v) is 27.5. The lowest BCUT2D eigenvalue weighted by Gasteiger charge is -2.28. The maximum atomic E-state index is 13.5. The predicted octanol–water partition coefficient (Wildman–Crippen LogP) is 0.791. The fraction of sp³-hybridized carbons (Fsp3) is 0.469. The van der Waals surface area contributed by atoms with Gasteiger partial charge in [0.25, 0.3) is 5.91 Å². The van der Waals surface area contributed by atoms with E-state index in [2.05, 4.69) is 26.6 Å². The molecule has 0 radical (unpaired) electrons. The van der Waals surface area contributed by atoms with Gasteiger partial charge in [0.2, 0.25) is 29.5 Å². The smallest absolute Gasteiger partial charge is 0.262 e. The largest absolute Gasteiger partial charge is 0.355 e. The molecule has 1 aliphatic heterocycles. The van der Waals surface area contributed by atoms with Crippen LogP contribution in [0.5, 0.6) is 0 Å². The third-order valence-electron chi connectivity index (χ3n) is 7.44. The Hall–Kier alpha value is -4.59. The molecule has 0 saturated carbocycles. The zero-order chi connectivity index (χ0) is 34.0. The number of rotatable bonds is 6. The number of hydrogen-bond donors (Lipinski definition) is 5. The number of thiophene rings is 1. The van der Waals surface area contributed by atoms with Gasteiger partial charge in [-0.2, -0.15) is 0 Å². The van der Waals surface area contributed by atoms with Crippen molar-refractivity contribution in [2.75, 3.05) is 20.1 Å². The Kier molecular flexibility index (Phi) is 13.0. The molecule has 2 heterocycles. The normalized spacial score (nSPS) is 22.6. The summed E-state index contributed by atoms with van der Waals surface area (Å²) in [5.74, 6) is -3.93. The maximum Gasteiger partial charge on any atom is 0.262 e. The van der Waals surface area contributed by atoms with E-state index in [-0.39, 0.29) is 43.0 Å². The van der Waals surface area contributed by atoms with Crippen LogP contribution in [0.2, 0.25) is 0 Å². The molecule has 3 rings (SSSR count). The van der Waals surface area contributed by atoms with Gasteiger partial charge in [0, 0.05) is 20.0 Å². The second-order valence-corrected chi connectivity index (χ2v) is 12.7. The first-order chi connectivity index (χ1) is 21.8. The standard InChI is InChI=1S/C32H42N6O7S/c1-18(2)27-31(44)34-19(3)28(41)36-23(16-21-10-7-6-8-11-21)32(45)38(5)17-26(40)33-15-9-12-22(29(42)37-27)35-30(43)25-14-13-24(46-25)20(4)39/h6-8,10-11,13-14,18-19,22-23,27H,9,12,15-17H2,1-5H3,(H,33,40)(H,34,44)(H,35,43)(H,36,41)(H,37,42)/t19-,22+,23+,27-/m1/s1. The molecule has 0 bridgehead atoms. The van der Waals surface area contributed by atoms with Crippen molar-refractivity contribution in [2.45, 2.75) is 71.1 Å². The molecule has 13 nitrogen and oxygen atoms in total. The monoisotopic (exact) mass is 654 g/mol. The SMILES string of the molecule is CC(=O)c1ccc(C(=O)N[C@H]2CCCNC(=O)CN(C)C(=O)[C@H](Cc3ccccc3)NC(=O)[C@@H](C)NC(=O)[C@@H](C(C)C)NC2=O)s1. The Morgan fingerprint density at radius 2 is 1.61 bits per heavy atom. The molecular weight excluding hydrogens is 612 g/mol. The molecule has 2 aromatic rings. The molecule has 1 aromatic heterocycles. The van der Waals surface area contributed by atoms with Crippen molar-refractivity contribution < 1.29 is 33.6 Å². The Bertz CT molecular complexity index is 1440. The topological polar surface area (TPSA) is 183 Å². The number of benzene rings is 1. The minimum Gasteiger partial charge on any atom is -0.355 e. The lowest BCUT2D eigenvalue weighted by molar-refractivity contribution is -0.139. The van der Waals surface area contributed by atoms with Crippen LogP contribution in [-0.2, 0) is 30.4 Å². The number of Topliss-reactive ketones (excluding diaryl/α,β-unsaturated/α-hetero) is 1. The van der Waals surface area contributed by atoms with Crippen LogP contribution in [0.1, 0.15) is 65.4 Å². The van der Waals surface area contributed by atoms with Crippen LogP contribution in [0.3, 0.4) is 0 Å². The van der Waals surface area contributed by atoms with E-state index in [1.54, 1.807) is 13.8 Å².